The summed E-state index contributed by atoms with van der Waals surface area (Å²) in [4.78, 5) is 19.1. The Balaban J connectivity index is 1.69. The van der Waals surface area contributed by atoms with Gasteiger partial charge in [-0.1, -0.05) is 11.3 Å². The second kappa shape index (κ2) is 5.57. The third-order valence-corrected chi connectivity index (χ3v) is 4.80. The monoisotopic (exact) mass is 296 g/mol. The fourth-order valence-electron chi connectivity index (χ4n) is 2.35. The van der Waals surface area contributed by atoms with Gasteiger partial charge in [-0.2, -0.15) is 0 Å². The number of nitrogens with two attached hydrogens (primary N) is 1. The molecule has 6 nitrogen and oxygen atoms in total. The molecule has 1 amide bonds. The van der Waals surface area contributed by atoms with E-state index in [1.54, 1.807) is 4.90 Å². The Hall–Kier alpha value is -1.34. The molecule has 0 aromatic carbocycles. The first-order chi connectivity index (χ1) is 9.65. The van der Waals surface area contributed by atoms with Gasteiger partial charge < -0.3 is 20.7 Å². The Morgan fingerprint density at radius 2 is 2.10 bits per heavy atom. The van der Waals surface area contributed by atoms with Gasteiger partial charge >= 0.3 is 0 Å². The fourth-order valence-corrected chi connectivity index (χ4v) is 3.29. The van der Waals surface area contributed by atoms with Crippen molar-refractivity contribution in [2.45, 2.75) is 37.8 Å². The highest BCUT2D eigenvalue weighted by Crippen LogP contribution is 2.31. The molecular formula is C13H20N4O2S. The zero-order chi connectivity index (χ0) is 14.1. The molecule has 110 valence electrons. The summed E-state index contributed by atoms with van der Waals surface area (Å²) >= 11 is 1.36. The van der Waals surface area contributed by atoms with Gasteiger partial charge in [0.05, 0.1) is 0 Å². The number of hydrogen-bond acceptors (Lipinski definition) is 6. The smallest absolute Gasteiger partial charge is 0.267 e. The van der Waals surface area contributed by atoms with E-state index in [0.29, 0.717) is 16.7 Å². The Morgan fingerprint density at radius 3 is 2.75 bits per heavy atom. The number of thiazole rings is 1. The lowest BCUT2D eigenvalue weighted by atomic mass is 10.1. The molecule has 3 rings (SSSR count). The molecule has 2 fully saturated rings. The highest BCUT2D eigenvalue weighted by Gasteiger charge is 2.28. The van der Waals surface area contributed by atoms with Crippen LogP contribution in [0.4, 0.5) is 10.9 Å². The van der Waals surface area contributed by atoms with Crippen LogP contribution in [0.3, 0.4) is 0 Å². The molecule has 7 heteroatoms. The van der Waals surface area contributed by atoms with Crippen LogP contribution >= 0.6 is 11.3 Å². The van der Waals surface area contributed by atoms with Gasteiger partial charge in [0.1, 0.15) is 10.7 Å². The van der Waals surface area contributed by atoms with E-state index < -0.39 is 0 Å². The second-order valence-electron chi connectivity index (χ2n) is 5.41. The van der Waals surface area contributed by atoms with Gasteiger partial charge in [0.15, 0.2) is 5.13 Å². The van der Waals surface area contributed by atoms with Crippen LogP contribution in [0.5, 0.6) is 0 Å². The van der Waals surface area contributed by atoms with Crippen LogP contribution in [0.2, 0.25) is 0 Å². The van der Waals surface area contributed by atoms with E-state index in [4.69, 9.17) is 10.5 Å². The summed E-state index contributed by atoms with van der Waals surface area (Å²) in [5.74, 6) is 0.304. The number of carbonyl (C=O) groups is 1. The molecule has 0 unspecified atom stereocenters. The van der Waals surface area contributed by atoms with Crippen LogP contribution in [0, 0.1) is 0 Å². The van der Waals surface area contributed by atoms with E-state index in [1.165, 1.54) is 24.2 Å². The molecule has 2 heterocycles. The molecule has 0 bridgehead atoms. The Kier molecular flexibility index (Phi) is 3.80. The molecule has 1 saturated carbocycles. The third-order valence-electron chi connectivity index (χ3n) is 3.81. The summed E-state index contributed by atoms with van der Waals surface area (Å²) in [5.41, 5.74) is 5.89. The number of carbonyl (C=O) groups excluding carboxylic acids is 1. The SMILES string of the molecule is CN(C(=O)c1sc(NC2CC2)nc1N)C1CCOCC1. The first kappa shape index (κ1) is 13.6. The van der Waals surface area contributed by atoms with Gasteiger partial charge in [-0.15, -0.1) is 0 Å². The van der Waals surface area contributed by atoms with Crippen LogP contribution in [-0.4, -0.2) is 48.1 Å². The van der Waals surface area contributed by atoms with Crippen LogP contribution in [0.25, 0.3) is 0 Å². The Bertz CT molecular complexity index is 495. The van der Waals surface area contributed by atoms with Crippen molar-refractivity contribution >= 4 is 28.2 Å². The largest absolute Gasteiger partial charge is 0.382 e. The number of nitrogens with one attached hydrogen (secondary N) is 1. The zero-order valence-corrected chi connectivity index (χ0v) is 12.4. The van der Waals surface area contributed by atoms with E-state index in [2.05, 4.69) is 10.3 Å². The van der Waals surface area contributed by atoms with E-state index in [9.17, 15) is 4.79 Å². The van der Waals surface area contributed by atoms with Crippen LogP contribution in [0.15, 0.2) is 0 Å². The molecule has 1 aliphatic heterocycles. The lowest BCUT2D eigenvalue weighted by Crippen LogP contribution is -2.40. The third kappa shape index (κ3) is 2.88. The number of aromatic nitrogens is 1. The van der Waals surface area contributed by atoms with Crippen molar-refractivity contribution in [1.82, 2.24) is 9.88 Å². The number of amides is 1. The van der Waals surface area contributed by atoms with Crippen molar-refractivity contribution in [2.75, 3.05) is 31.3 Å². The van der Waals surface area contributed by atoms with Crippen LogP contribution in [0.1, 0.15) is 35.4 Å². The van der Waals surface area contributed by atoms with Gasteiger partial charge in [0, 0.05) is 32.3 Å². The van der Waals surface area contributed by atoms with Crippen molar-refractivity contribution in [3.05, 3.63) is 4.88 Å². The van der Waals surface area contributed by atoms with Gasteiger partial charge in [-0.3, -0.25) is 4.79 Å². The van der Waals surface area contributed by atoms with E-state index in [1.807, 2.05) is 7.05 Å². The van der Waals surface area contributed by atoms with Gasteiger partial charge in [-0.05, 0) is 25.7 Å². The minimum absolute atomic E-state index is 0.0317. The average molecular weight is 296 g/mol. The fraction of sp³-hybridized carbons (Fsp3) is 0.692. The summed E-state index contributed by atoms with van der Waals surface area (Å²) in [6, 6.07) is 0.745. The summed E-state index contributed by atoms with van der Waals surface area (Å²) in [6.45, 7) is 1.43. The maximum Gasteiger partial charge on any atom is 0.267 e. The second-order valence-corrected chi connectivity index (χ2v) is 6.41. The minimum Gasteiger partial charge on any atom is -0.382 e. The average Bonchev–Trinajstić information content (AvgIpc) is 3.20. The van der Waals surface area contributed by atoms with Gasteiger partial charge in [0.2, 0.25) is 0 Å². The van der Waals surface area contributed by atoms with E-state index >= 15 is 0 Å². The van der Waals surface area contributed by atoms with E-state index in [0.717, 1.165) is 31.2 Å². The van der Waals surface area contributed by atoms with Crippen molar-refractivity contribution in [3.8, 4) is 0 Å². The molecule has 0 radical (unpaired) electrons. The minimum atomic E-state index is -0.0317. The summed E-state index contributed by atoms with van der Waals surface area (Å²) < 4.78 is 5.33. The first-order valence-corrected chi connectivity index (χ1v) is 7.84. The van der Waals surface area contributed by atoms with Gasteiger partial charge in [-0.25, -0.2) is 4.98 Å². The lowest BCUT2D eigenvalue weighted by Gasteiger charge is -2.30. The van der Waals surface area contributed by atoms with E-state index in [-0.39, 0.29) is 11.9 Å². The maximum atomic E-state index is 12.5. The predicted molar refractivity (Wildman–Crippen MR) is 79.1 cm³/mol. The topological polar surface area (TPSA) is 80.5 Å². The number of hydrogen-bond donors (Lipinski definition) is 2. The van der Waals surface area contributed by atoms with Crippen molar-refractivity contribution in [1.29, 1.82) is 0 Å². The normalized spacial score (nSPS) is 19.9. The maximum absolute atomic E-state index is 12.5. The summed E-state index contributed by atoms with van der Waals surface area (Å²) in [7, 11) is 1.84. The molecule has 0 atom stereocenters. The Labute approximate surface area is 122 Å². The highest BCUT2D eigenvalue weighted by molar-refractivity contribution is 7.18. The molecule has 1 aromatic heterocycles. The van der Waals surface area contributed by atoms with Crippen molar-refractivity contribution in [3.63, 3.8) is 0 Å². The summed E-state index contributed by atoms with van der Waals surface area (Å²) in [5, 5.41) is 4.05. The molecule has 20 heavy (non-hydrogen) atoms. The van der Waals surface area contributed by atoms with Gasteiger partial charge in [0.25, 0.3) is 5.91 Å². The zero-order valence-electron chi connectivity index (χ0n) is 11.6. The number of ether oxygens (including phenoxy) is 1. The standard InChI is InChI=1S/C13H20N4O2S/c1-17(9-4-6-19-7-5-9)12(18)10-11(14)16-13(20-10)15-8-2-3-8/h8-9H,2-7,14H2,1H3,(H,15,16). The Morgan fingerprint density at radius 1 is 1.40 bits per heavy atom. The van der Waals surface area contributed by atoms with Crippen LogP contribution < -0.4 is 11.1 Å². The molecule has 0 spiro atoms. The van der Waals surface area contributed by atoms with Crippen LogP contribution in [-0.2, 0) is 4.74 Å². The lowest BCUT2D eigenvalue weighted by molar-refractivity contribution is 0.0365. The molecule has 2 aliphatic rings. The highest BCUT2D eigenvalue weighted by atomic mass is 32.1. The molecular weight excluding hydrogens is 276 g/mol. The first-order valence-electron chi connectivity index (χ1n) is 7.03. The molecule has 3 N–H and O–H groups in total. The number of nitrogen functional groups attached to an aromatic ring is 1. The number of rotatable bonds is 4. The van der Waals surface area contributed by atoms with Crippen molar-refractivity contribution in [2.24, 2.45) is 0 Å². The number of nitrogens with zero attached hydrogens (tertiary/aromatic N) is 2. The predicted octanol–water partition coefficient (Wildman–Crippen LogP) is 1.55. The summed E-state index contributed by atoms with van der Waals surface area (Å²) in [6.07, 6.45) is 4.11. The molecule has 1 aliphatic carbocycles. The molecule has 1 aromatic rings. The number of anilines is 2. The quantitative estimate of drug-likeness (QED) is 0.881. The molecule has 1 saturated heterocycles. The van der Waals surface area contributed by atoms with Crippen molar-refractivity contribution < 1.29 is 9.53 Å².